The van der Waals surface area contributed by atoms with Crippen molar-refractivity contribution < 1.29 is 0 Å². The van der Waals surface area contributed by atoms with Crippen LogP contribution >= 0.6 is 21.6 Å². The molecule has 0 aliphatic carbocycles. The SMILES string of the molecule is CC1(C)Nc2ccccc2C2=C1SS/C2=C\c1c2ccccc2nc2ccccc12. The number of allylic oxidation sites excluding steroid dienone is 1. The van der Waals surface area contributed by atoms with E-state index in [-0.39, 0.29) is 5.54 Å². The molecule has 146 valence electrons. The molecule has 2 nitrogen and oxygen atoms in total. The zero-order chi connectivity index (χ0) is 20.3. The van der Waals surface area contributed by atoms with E-state index >= 15 is 0 Å². The minimum atomic E-state index is -0.0840. The van der Waals surface area contributed by atoms with Gasteiger partial charge in [-0.05, 0) is 43.7 Å². The lowest BCUT2D eigenvalue weighted by atomic mass is 9.89. The summed E-state index contributed by atoms with van der Waals surface area (Å²) < 4.78 is 0. The number of nitrogens with one attached hydrogen (secondary N) is 1. The molecular weight excluding hydrogens is 404 g/mol. The second-order valence-electron chi connectivity index (χ2n) is 8.23. The van der Waals surface area contributed by atoms with E-state index in [1.54, 1.807) is 0 Å². The van der Waals surface area contributed by atoms with Gasteiger partial charge in [0.25, 0.3) is 0 Å². The Kier molecular flexibility index (Phi) is 4.02. The summed E-state index contributed by atoms with van der Waals surface area (Å²) in [4.78, 5) is 7.61. The van der Waals surface area contributed by atoms with Crippen molar-refractivity contribution in [1.29, 1.82) is 0 Å². The number of para-hydroxylation sites is 3. The van der Waals surface area contributed by atoms with Gasteiger partial charge in [-0.2, -0.15) is 0 Å². The lowest BCUT2D eigenvalue weighted by molar-refractivity contribution is 0.698. The molecule has 4 heteroatoms. The van der Waals surface area contributed by atoms with Gasteiger partial charge in [0.2, 0.25) is 0 Å². The average molecular weight is 425 g/mol. The highest BCUT2D eigenvalue weighted by Crippen LogP contribution is 2.60. The van der Waals surface area contributed by atoms with Crippen LogP contribution in [0.4, 0.5) is 5.69 Å². The molecule has 0 fully saturated rings. The Balaban J connectivity index is 1.65. The van der Waals surface area contributed by atoms with Gasteiger partial charge in [0.05, 0.1) is 16.6 Å². The molecular formula is C26H20N2S2. The summed E-state index contributed by atoms with van der Waals surface area (Å²) in [6, 6.07) is 25.6. The molecule has 0 saturated carbocycles. The van der Waals surface area contributed by atoms with Gasteiger partial charge in [-0.1, -0.05) is 76.2 Å². The Morgan fingerprint density at radius 1 is 0.800 bits per heavy atom. The molecule has 3 heterocycles. The minimum absolute atomic E-state index is 0.0840. The van der Waals surface area contributed by atoms with E-state index in [2.05, 4.69) is 98.0 Å². The topological polar surface area (TPSA) is 24.9 Å². The van der Waals surface area contributed by atoms with Crippen LogP contribution < -0.4 is 5.32 Å². The third-order valence-corrected chi connectivity index (χ3v) is 8.56. The summed E-state index contributed by atoms with van der Waals surface area (Å²) in [7, 11) is 3.75. The fourth-order valence-corrected chi connectivity index (χ4v) is 7.46. The van der Waals surface area contributed by atoms with Gasteiger partial charge in [0.1, 0.15) is 0 Å². The summed E-state index contributed by atoms with van der Waals surface area (Å²) in [5.41, 5.74) is 7.12. The Labute approximate surface area is 183 Å². The van der Waals surface area contributed by atoms with Gasteiger partial charge in [0.15, 0.2) is 0 Å². The van der Waals surface area contributed by atoms with Crippen molar-refractivity contribution >= 4 is 60.7 Å². The van der Waals surface area contributed by atoms with Crippen LogP contribution in [0.15, 0.2) is 82.6 Å². The lowest BCUT2D eigenvalue weighted by Crippen LogP contribution is -2.35. The Hall–Kier alpha value is -2.69. The molecule has 30 heavy (non-hydrogen) atoms. The second-order valence-corrected chi connectivity index (χ2v) is 10.4. The molecule has 0 saturated heterocycles. The molecule has 0 bridgehead atoms. The first-order chi connectivity index (χ1) is 14.6. The Bertz CT molecular complexity index is 1340. The van der Waals surface area contributed by atoms with Crippen molar-refractivity contribution in [2.45, 2.75) is 19.4 Å². The van der Waals surface area contributed by atoms with E-state index in [1.807, 2.05) is 21.6 Å². The van der Waals surface area contributed by atoms with Crippen molar-refractivity contribution in [3.8, 4) is 0 Å². The zero-order valence-corrected chi connectivity index (χ0v) is 18.4. The van der Waals surface area contributed by atoms with Gasteiger partial charge in [-0.25, -0.2) is 4.98 Å². The number of benzene rings is 3. The molecule has 0 unspecified atom stereocenters. The van der Waals surface area contributed by atoms with Crippen molar-refractivity contribution in [3.05, 3.63) is 93.7 Å². The highest BCUT2D eigenvalue weighted by atomic mass is 33.1. The molecule has 3 aromatic carbocycles. The number of rotatable bonds is 1. The van der Waals surface area contributed by atoms with Crippen LogP contribution in [-0.4, -0.2) is 10.5 Å². The quantitative estimate of drug-likeness (QED) is 0.249. The van der Waals surface area contributed by atoms with Crippen molar-refractivity contribution in [1.82, 2.24) is 4.98 Å². The number of hydrogen-bond donors (Lipinski definition) is 1. The maximum Gasteiger partial charge on any atom is 0.0715 e. The first-order valence-electron chi connectivity index (χ1n) is 10.1. The summed E-state index contributed by atoms with van der Waals surface area (Å²) in [5.74, 6) is 0. The maximum absolute atomic E-state index is 4.89. The molecule has 2 aliphatic rings. The number of nitrogens with zero attached hydrogens (tertiary/aromatic N) is 1. The predicted octanol–water partition coefficient (Wildman–Crippen LogP) is 7.74. The average Bonchev–Trinajstić information content (AvgIpc) is 3.18. The summed E-state index contributed by atoms with van der Waals surface area (Å²) >= 11 is 0. The first kappa shape index (κ1) is 18.1. The van der Waals surface area contributed by atoms with E-state index in [0.29, 0.717) is 0 Å². The second kappa shape index (κ2) is 6.66. The number of anilines is 1. The molecule has 1 aromatic heterocycles. The molecule has 0 radical (unpaired) electrons. The van der Waals surface area contributed by atoms with Gasteiger partial charge in [-0.15, -0.1) is 0 Å². The normalized spacial score (nSPS) is 18.5. The van der Waals surface area contributed by atoms with Crippen LogP contribution in [0.1, 0.15) is 25.0 Å². The van der Waals surface area contributed by atoms with E-state index < -0.39 is 0 Å². The minimum Gasteiger partial charge on any atom is -0.375 e. The fraction of sp³-hybridized carbons (Fsp3) is 0.115. The predicted molar refractivity (Wildman–Crippen MR) is 133 cm³/mol. The summed E-state index contributed by atoms with van der Waals surface area (Å²) in [6.07, 6.45) is 2.38. The van der Waals surface area contributed by atoms with Crippen LogP contribution in [-0.2, 0) is 0 Å². The third-order valence-electron chi connectivity index (χ3n) is 5.80. The standard InChI is InChI=1S/C26H20N2S2/c1-26(2)25-24(18-11-5-8-14-22(18)28-26)23(29-30-25)15-19-16-9-3-6-12-20(16)27-21-13-7-4-10-17(19)21/h3-15,28H,1-2H3/b23-15-. The maximum atomic E-state index is 4.89. The lowest BCUT2D eigenvalue weighted by Gasteiger charge is -2.34. The van der Waals surface area contributed by atoms with E-state index in [4.69, 9.17) is 4.98 Å². The fourth-order valence-electron chi connectivity index (χ4n) is 4.41. The van der Waals surface area contributed by atoms with E-state index in [0.717, 1.165) is 11.0 Å². The van der Waals surface area contributed by atoms with Crippen LogP contribution in [0.2, 0.25) is 0 Å². The molecule has 0 atom stereocenters. The molecule has 4 aromatic rings. The Morgan fingerprint density at radius 3 is 2.17 bits per heavy atom. The van der Waals surface area contributed by atoms with E-state index in [9.17, 15) is 0 Å². The highest BCUT2D eigenvalue weighted by molar-refractivity contribution is 8.80. The molecule has 2 aliphatic heterocycles. The smallest absolute Gasteiger partial charge is 0.0715 e. The van der Waals surface area contributed by atoms with Crippen LogP contribution in [0.3, 0.4) is 0 Å². The van der Waals surface area contributed by atoms with Crippen molar-refractivity contribution in [3.63, 3.8) is 0 Å². The van der Waals surface area contributed by atoms with Gasteiger partial charge in [0, 0.05) is 37.4 Å². The van der Waals surface area contributed by atoms with Crippen LogP contribution in [0.25, 0.3) is 33.5 Å². The van der Waals surface area contributed by atoms with Gasteiger partial charge >= 0.3 is 0 Å². The highest BCUT2D eigenvalue weighted by Gasteiger charge is 2.38. The largest absolute Gasteiger partial charge is 0.375 e. The van der Waals surface area contributed by atoms with Gasteiger partial charge < -0.3 is 5.32 Å². The van der Waals surface area contributed by atoms with Crippen molar-refractivity contribution in [2.75, 3.05) is 5.32 Å². The van der Waals surface area contributed by atoms with Gasteiger partial charge in [-0.3, -0.25) is 0 Å². The third kappa shape index (κ3) is 2.71. The summed E-state index contributed by atoms with van der Waals surface area (Å²) in [6.45, 7) is 4.54. The molecule has 1 N–H and O–H groups in total. The Morgan fingerprint density at radius 2 is 1.43 bits per heavy atom. The van der Waals surface area contributed by atoms with Crippen LogP contribution in [0, 0.1) is 0 Å². The number of aromatic nitrogens is 1. The van der Waals surface area contributed by atoms with Crippen molar-refractivity contribution in [2.24, 2.45) is 0 Å². The molecule has 6 rings (SSSR count). The first-order valence-corrected chi connectivity index (χ1v) is 12.2. The number of hydrogen-bond acceptors (Lipinski definition) is 4. The number of fused-ring (bicyclic) bond motifs is 4. The van der Waals surface area contributed by atoms with E-state index in [1.165, 1.54) is 43.0 Å². The summed E-state index contributed by atoms with van der Waals surface area (Å²) in [5, 5.41) is 6.12. The number of pyridine rings is 1. The van der Waals surface area contributed by atoms with Crippen LogP contribution in [0.5, 0.6) is 0 Å². The zero-order valence-electron chi connectivity index (χ0n) is 16.8. The monoisotopic (exact) mass is 424 g/mol. The molecule has 0 amide bonds. The molecule has 0 spiro atoms.